The zero-order valence-corrected chi connectivity index (χ0v) is 14.8. The average molecular weight is 340 g/mol. The van der Waals surface area contributed by atoms with Crippen molar-refractivity contribution in [3.63, 3.8) is 0 Å². The summed E-state index contributed by atoms with van der Waals surface area (Å²) in [5, 5.41) is 8.89. The van der Waals surface area contributed by atoms with Crippen LogP contribution >= 0.6 is 0 Å². The minimum absolute atomic E-state index is 0.00102. The Labute approximate surface area is 148 Å². The van der Waals surface area contributed by atoms with Crippen LogP contribution in [0.3, 0.4) is 0 Å². The van der Waals surface area contributed by atoms with Gasteiger partial charge in [0, 0.05) is 31.6 Å². The quantitative estimate of drug-likeness (QED) is 0.829. The summed E-state index contributed by atoms with van der Waals surface area (Å²) in [4.78, 5) is 31.2. The van der Waals surface area contributed by atoms with Gasteiger partial charge in [0.15, 0.2) is 0 Å². The number of piperidine rings is 1. The Hall–Kier alpha value is -2.39. The Bertz CT molecular complexity index is 692. The summed E-state index contributed by atoms with van der Waals surface area (Å²) in [6, 6.07) is 9.08. The van der Waals surface area contributed by atoms with E-state index in [1.165, 1.54) is 0 Å². The molecule has 2 aliphatic rings. The first kappa shape index (κ1) is 17.4. The van der Waals surface area contributed by atoms with Crippen molar-refractivity contribution in [1.82, 2.24) is 14.7 Å². The van der Waals surface area contributed by atoms with E-state index in [0.717, 1.165) is 19.4 Å². The van der Waals surface area contributed by atoms with Crippen LogP contribution in [0.1, 0.15) is 35.2 Å². The molecular formula is C19H24N4O2. The first-order valence-electron chi connectivity index (χ1n) is 8.76. The number of fused-ring (bicyclic) bond motifs is 1. The van der Waals surface area contributed by atoms with Gasteiger partial charge in [-0.25, -0.2) is 0 Å². The van der Waals surface area contributed by atoms with Gasteiger partial charge in [0.2, 0.25) is 5.91 Å². The molecule has 6 nitrogen and oxygen atoms in total. The van der Waals surface area contributed by atoms with Gasteiger partial charge < -0.3 is 14.7 Å². The average Bonchev–Trinajstić information content (AvgIpc) is 3.04. The zero-order chi connectivity index (χ0) is 18.0. The molecule has 2 fully saturated rings. The molecule has 0 unspecified atom stereocenters. The highest BCUT2D eigenvalue weighted by molar-refractivity contribution is 5.95. The maximum atomic E-state index is 12.9. The van der Waals surface area contributed by atoms with E-state index in [4.69, 9.17) is 5.26 Å². The number of likely N-dealkylation sites (tertiary alicyclic amines) is 2. The lowest BCUT2D eigenvalue weighted by molar-refractivity contribution is -0.137. The molecule has 0 N–H and O–H groups in total. The maximum absolute atomic E-state index is 12.9. The van der Waals surface area contributed by atoms with Gasteiger partial charge in [-0.2, -0.15) is 5.26 Å². The third-order valence-electron chi connectivity index (χ3n) is 5.19. The van der Waals surface area contributed by atoms with Crippen LogP contribution in [0.2, 0.25) is 0 Å². The first-order valence-corrected chi connectivity index (χ1v) is 8.76. The summed E-state index contributed by atoms with van der Waals surface area (Å²) < 4.78 is 0. The standard InChI is InChI=1S/C19H24N4O2/c1-21(2)11-12-22-17-9-10-23(16(17)7-8-18(22)24)19(25)15-5-3-14(13-20)4-6-15/h3-6,16-17H,7-12H2,1-2H3/t16-,17-/m1/s1. The summed E-state index contributed by atoms with van der Waals surface area (Å²) in [5.74, 6) is 0.203. The minimum atomic E-state index is -0.00102. The van der Waals surface area contributed by atoms with Crippen molar-refractivity contribution in [3.8, 4) is 6.07 Å². The monoisotopic (exact) mass is 340 g/mol. The minimum Gasteiger partial charge on any atom is -0.336 e. The van der Waals surface area contributed by atoms with Crippen molar-refractivity contribution < 1.29 is 9.59 Å². The van der Waals surface area contributed by atoms with Crippen LogP contribution < -0.4 is 0 Å². The van der Waals surface area contributed by atoms with Crippen LogP contribution in [0.4, 0.5) is 0 Å². The molecular weight excluding hydrogens is 316 g/mol. The molecule has 3 rings (SSSR count). The van der Waals surface area contributed by atoms with Gasteiger partial charge in [-0.05, 0) is 51.2 Å². The van der Waals surface area contributed by atoms with Crippen molar-refractivity contribution in [1.29, 1.82) is 5.26 Å². The summed E-state index contributed by atoms with van der Waals surface area (Å²) in [5.41, 5.74) is 1.16. The third-order valence-corrected chi connectivity index (χ3v) is 5.19. The Balaban J connectivity index is 1.73. The van der Waals surface area contributed by atoms with E-state index < -0.39 is 0 Å². The van der Waals surface area contributed by atoms with Gasteiger partial charge in [0.05, 0.1) is 23.7 Å². The summed E-state index contributed by atoms with van der Waals surface area (Å²) in [7, 11) is 4.00. The molecule has 0 aromatic heterocycles. The fraction of sp³-hybridized carbons (Fsp3) is 0.526. The molecule has 2 atom stereocenters. The number of carbonyl (C=O) groups excluding carboxylic acids is 2. The van der Waals surface area contributed by atoms with Crippen LogP contribution in [-0.2, 0) is 4.79 Å². The molecule has 2 amide bonds. The molecule has 1 aromatic carbocycles. The van der Waals surface area contributed by atoms with Gasteiger partial charge in [-0.1, -0.05) is 0 Å². The van der Waals surface area contributed by atoms with Crippen molar-refractivity contribution in [3.05, 3.63) is 35.4 Å². The predicted octanol–water partition coefficient (Wildman–Crippen LogP) is 1.33. The predicted molar refractivity (Wildman–Crippen MR) is 93.9 cm³/mol. The number of rotatable bonds is 4. The lowest BCUT2D eigenvalue weighted by Gasteiger charge is -2.40. The van der Waals surface area contributed by atoms with Gasteiger partial charge in [0.1, 0.15) is 0 Å². The highest BCUT2D eigenvalue weighted by atomic mass is 16.2. The van der Waals surface area contributed by atoms with Gasteiger partial charge in [-0.15, -0.1) is 0 Å². The highest BCUT2D eigenvalue weighted by Crippen LogP contribution is 2.32. The number of nitrogens with zero attached hydrogens (tertiary/aromatic N) is 4. The second-order valence-electron chi connectivity index (χ2n) is 7.04. The molecule has 0 bridgehead atoms. The molecule has 25 heavy (non-hydrogen) atoms. The summed E-state index contributed by atoms with van der Waals surface area (Å²) >= 11 is 0. The van der Waals surface area contributed by atoms with Crippen molar-refractivity contribution in [2.75, 3.05) is 33.7 Å². The molecule has 0 saturated carbocycles. The van der Waals surface area contributed by atoms with Crippen LogP contribution in [0.25, 0.3) is 0 Å². The first-order chi connectivity index (χ1) is 12.0. The van der Waals surface area contributed by atoms with E-state index in [9.17, 15) is 9.59 Å². The Morgan fingerprint density at radius 1 is 1.24 bits per heavy atom. The molecule has 2 aliphatic heterocycles. The second-order valence-corrected chi connectivity index (χ2v) is 7.04. The van der Waals surface area contributed by atoms with E-state index in [1.54, 1.807) is 24.3 Å². The number of hydrogen-bond acceptors (Lipinski definition) is 4. The lowest BCUT2D eigenvalue weighted by atomic mass is 9.96. The number of nitriles is 1. The smallest absolute Gasteiger partial charge is 0.254 e. The summed E-state index contributed by atoms with van der Waals surface area (Å²) in [6.45, 7) is 2.23. The van der Waals surface area contributed by atoms with Gasteiger partial charge >= 0.3 is 0 Å². The molecule has 6 heteroatoms. The normalized spacial score (nSPS) is 22.9. The number of benzene rings is 1. The fourth-order valence-corrected chi connectivity index (χ4v) is 3.85. The zero-order valence-electron chi connectivity index (χ0n) is 14.8. The Morgan fingerprint density at radius 2 is 1.96 bits per heavy atom. The van der Waals surface area contributed by atoms with E-state index in [0.29, 0.717) is 30.6 Å². The van der Waals surface area contributed by atoms with E-state index in [2.05, 4.69) is 11.0 Å². The van der Waals surface area contributed by atoms with E-state index >= 15 is 0 Å². The van der Waals surface area contributed by atoms with Crippen LogP contribution in [-0.4, -0.2) is 72.3 Å². The lowest BCUT2D eigenvalue weighted by Crippen LogP contribution is -2.54. The van der Waals surface area contributed by atoms with Crippen molar-refractivity contribution in [2.45, 2.75) is 31.3 Å². The Morgan fingerprint density at radius 3 is 2.60 bits per heavy atom. The number of hydrogen-bond donors (Lipinski definition) is 0. The molecule has 2 heterocycles. The van der Waals surface area contributed by atoms with E-state index in [1.807, 2.05) is 23.9 Å². The third kappa shape index (κ3) is 3.52. The highest BCUT2D eigenvalue weighted by Gasteiger charge is 2.44. The van der Waals surface area contributed by atoms with Gasteiger partial charge in [0.25, 0.3) is 5.91 Å². The molecule has 0 aliphatic carbocycles. The maximum Gasteiger partial charge on any atom is 0.254 e. The molecule has 0 radical (unpaired) electrons. The molecule has 1 aromatic rings. The second kappa shape index (κ2) is 7.24. The number of carbonyl (C=O) groups is 2. The summed E-state index contributed by atoms with van der Waals surface area (Å²) in [6.07, 6.45) is 2.08. The van der Waals surface area contributed by atoms with Crippen molar-refractivity contribution >= 4 is 11.8 Å². The topological polar surface area (TPSA) is 67.7 Å². The largest absolute Gasteiger partial charge is 0.336 e. The van der Waals surface area contributed by atoms with Crippen LogP contribution in [0.5, 0.6) is 0 Å². The Kier molecular flexibility index (Phi) is 5.05. The fourth-order valence-electron chi connectivity index (χ4n) is 3.85. The van der Waals surface area contributed by atoms with Crippen LogP contribution in [0, 0.1) is 11.3 Å². The van der Waals surface area contributed by atoms with Gasteiger partial charge in [-0.3, -0.25) is 9.59 Å². The molecule has 2 saturated heterocycles. The number of amides is 2. The molecule has 132 valence electrons. The number of likely N-dealkylation sites (N-methyl/N-ethyl adjacent to an activating group) is 1. The van der Waals surface area contributed by atoms with Crippen molar-refractivity contribution in [2.24, 2.45) is 0 Å². The SMILES string of the molecule is CN(C)CCN1C(=O)CC[C@@H]2[C@H]1CCN2C(=O)c1ccc(C#N)cc1. The van der Waals surface area contributed by atoms with E-state index in [-0.39, 0.29) is 23.9 Å². The van der Waals surface area contributed by atoms with Crippen LogP contribution in [0.15, 0.2) is 24.3 Å². The molecule has 0 spiro atoms.